The van der Waals surface area contributed by atoms with Crippen molar-refractivity contribution in [1.29, 1.82) is 0 Å². The number of nitrogens with one attached hydrogen (secondary N) is 1. The Hall–Kier alpha value is -0.0400. The van der Waals surface area contributed by atoms with Gasteiger partial charge in [0.25, 0.3) is 0 Å². The van der Waals surface area contributed by atoms with Crippen molar-refractivity contribution in [2.24, 2.45) is 0 Å². The zero-order valence-corrected chi connectivity index (χ0v) is 22.6. The Kier molecular flexibility index (Phi) is 12.7. The van der Waals surface area contributed by atoms with E-state index >= 15 is 0 Å². The van der Waals surface area contributed by atoms with Crippen molar-refractivity contribution in [1.82, 2.24) is 4.84 Å². The van der Waals surface area contributed by atoms with E-state index in [2.05, 4.69) is 74.8 Å². The second-order valence-electron chi connectivity index (χ2n) is 7.96. The van der Waals surface area contributed by atoms with Gasteiger partial charge in [0.1, 0.15) is 0 Å². The molecule has 31 heavy (non-hydrogen) atoms. The van der Waals surface area contributed by atoms with Crippen LogP contribution in [0.25, 0.3) is 0 Å². The summed E-state index contributed by atoms with van der Waals surface area (Å²) in [6.45, 7) is 4.32. The lowest BCUT2D eigenvalue weighted by molar-refractivity contribution is 0.156. The number of benzene rings is 2. The molecule has 2 aromatic carbocycles. The molecule has 0 saturated carbocycles. The number of hydrogen-bond acceptors (Lipinski definition) is 2. The van der Waals surface area contributed by atoms with Gasteiger partial charge in [0, 0.05) is 15.0 Å². The Bertz CT molecular complexity index is 862. The Labute approximate surface area is 217 Å². The van der Waals surface area contributed by atoms with Gasteiger partial charge in [-0.3, -0.25) is 0 Å². The van der Waals surface area contributed by atoms with Crippen LogP contribution in [-0.2, 0) is 25.7 Å². The van der Waals surface area contributed by atoms with Crippen molar-refractivity contribution in [3.8, 4) is 0 Å². The maximum absolute atomic E-state index is 9.88. The third kappa shape index (κ3) is 6.97. The van der Waals surface area contributed by atoms with E-state index in [0.29, 0.717) is 6.04 Å². The molecule has 4 rings (SSSR count). The summed E-state index contributed by atoms with van der Waals surface area (Å²) in [7, 11) is 0. The highest BCUT2D eigenvalue weighted by Crippen LogP contribution is 2.36. The molecular formula is C25H36Br2ClNOS. The fourth-order valence-electron chi connectivity index (χ4n) is 4.36. The fraction of sp³-hybridized carbons (Fsp3) is 0.520. The summed E-state index contributed by atoms with van der Waals surface area (Å²) in [5.74, 6) is 0. The molecule has 6 heteroatoms. The molecule has 0 spiro atoms. The standard InChI is InChI=1S/C12H15BrClN.C12H15BrO.CH4.H2S/c1-2-8-6-10-9(11(13)7-8)4-3-5-12(10)15-14;1-2-8-6-10-9(11(13)7-8)4-3-5-12(10)14;;/h6-7,12,15H,2-5H2,1H3;6-7,12,14H,2-5H2,1H3;1H4;1H2/t2*12-;;/m01../s1. The number of aryl methyl sites for hydroxylation is 2. The molecule has 174 valence electrons. The van der Waals surface area contributed by atoms with E-state index in [0.717, 1.165) is 50.5 Å². The third-order valence-electron chi connectivity index (χ3n) is 6.09. The molecule has 0 bridgehead atoms. The SMILES string of the molecule is C.CCc1cc(Br)c2c(c1)[C@@H](NCl)CCC2.CCc1cc(Br)c2c(c1)[C@H](O)CCC2.S. The molecule has 0 fully saturated rings. The molecule has 0 saturated heterocycles. The number of aliphatic hydroxyl groups is 1. The molecule has 0 radical (unpaired) electrons. The second kappa shape index (κ2) is 13.6. The summed E-state index contributed by atoms with van der Waals surface area (Å²) in [4.78, 5) is 2.89. The summed E-state index contributed by atoms with van der Waals surface area (Å²) in [6, 6.07) is 9.17. The molecule has 2 aromatic rings. The van der Waals surface area contributed by atoms with Crippen LogP contribution in [0.4, 0.5) is 0 Å². The monoisotopic (exact) mass is 591 g/mol. The largest absolute Gasteiger partial charge is 0.388 e. The summed E-state index contributed by atoms with van der Waals surface area (Å²) < 4.78 is 2.42. The van der Waals surface area contributed by atoms with Crippen molar-refractivity contribution in [3.63, 3.8) is 0 Å². The minimum Gasteiger partial charge on any atom is -0.388 e. The van der Waals surface area contributed by atoms with E-state index in [9.17, 15) is 5.11 Å². The highest BCUT2D eigenvalue weighted by Gasteiger charge is 2.22. The maximum atomic E-state index is 9.88. The first-order chi connectivity index (χ1) is 14.0. The zero-order valence-electron chi connectivity index (χ0n) is 17.7. The number of fused-ring (bicyclic) bond motifs is 2. The molecule has 0 aromatic heterocycles. The normalized spacial score (nSPS) is 19.0. The Morgan fingerprint density at radius 1 is 0.903 bits per heavy atom. The van der Waals surface area contributed by atoms with Crippen LogP contribution in [0.2, 0.25) is 0 Å². The molecule has 2 aliphatic carbocycles. The minimum atomic E-state index is -0.249. The molecule has 0 aliphatic heterocycles. The van der Waals surface area contributed by atoms with Crippen molar-refractivity contribution in [2.45, 2.75) is 84.8 Å². The van der Waals surface area contributed by atoms with Gasteiger partial charge in [-0.05, 0) is 109 Å². The summed E-state index contributed by atoms with van der Waals surface area (Å²) in [5, 5.41) is 9.88. The van der Waals surface area contributed by atoms with Crippen LogP contribution in [0.1, 0.15) is 92.5 Å². The molecule has 2 atom stereocenters. The zero-order chi connectivity index (χ0) is 21.0. The van der Waals surface area contributed by atoms with Gasteiger partial charge in [0.15, 0.2) is 0 Å². The van der Waals surface area contributed by atoms with E-state index in [1.807, 2.05) is 0 Å². The van der Waals surface area contributed by atoms with Crippen LogP contribution in [0.5, 0.6) is 0 Å². The van der Waals surface area contributed by atoms with Crippen LogP contribution in [0.15, 0.2) is 33.2 Å². The highest BCUT2D eigenvalue weighted by molar-refractivity contribution is 9.10. The number of hydrogen-bond donors (Lipinski definition) is 2. The van der Waals surface area contributed by atoms with E-state index in [-0.39, 0.29) is 27.0 Å². The first-order valence-corrected chi connectivity index (χ1v) is 12.6. The molecule has 2 nitrogen and oxygen atoms in total. The number of aliphatic hydroxyl groups excluding tert-OH is 1. The van der Waals surface area contributed by atoms with Crippen molar-refractivity contribution < 1.29 is 5.11 Å². The van der Waals surface area contributed by atoms with Crippen molar-refractivity contribution >= 4 is 57.1 Å². The molecule has 0 heterocycles. The van der Waals surface area contributed by atoms with Crippen molar-refractivity contribution in [3.05, 3.63) is 66.6 Å². The van der Waals surface area contributed by atoms with Gasteiger partial charge in [-0.1, -0.05) is 65.3 Å². The van der Waals surface area contributed by atoms with E-state index < -0.39 is 0 Å². The molecule has 2 N–H and O–H groups in total. The van der Waals surface area contributed by atoms with Gasteiger partial charge < -0.3 is 5.11 Å². The van der Waals surface area contributed by atoms with Gasteiger partial charge >= 0.3 is 0 Å². The lowest BCUT2D eigenvalue weighted by atomic mass is 9.87. The summed E-state index contributed by atoms with van der Waals surface area (Å²) in [6.07, 6.45) is 8.45. The van der Waals surface area contributed by atoms with Crippen LogP contribution >= 0.6 is 57.1 Å². The van der Waals surface area contributed by atoms with Gasteiger partial charge in [-0.15, -0.1) is 0 Å². The molecule has 0 unspecified atom stereocenters. The minimum absolute atomic E-state index is 0. The summed E-state index contributed by atoms with van der Waals surface area (Å²) >= 11 is 13.0. The van der Waals surface area contributed by atoms with Crippen LogP contribution in [0.3, 0.4) is 0 Å². The predicted molar refractivity (Wildman–Crippen MR) is 147 cm³/mol. The second-order valence-corrected chi connectivity index (χ2v) is 9.89. The first-order valence-electron chi connectivity index (χ1n) is 10.6. The lowest BCUT2D eigenvalue weighted by Gasteiger charge is -2.25. The fourth-order valence-corrected chi connectivity index (χ4v) is 6.03. The quantitative estimate of drug-likeness (QED) is 0.351. The van der Waals surface area contributed by atoms with E-state index in [1.165, 1.54) is 43.2 Å². The number of halogens is 3. The lowest BCUT2D eigenvalue weighted by Crippen LogP contribution is -2.18. The Balaban J connectivity index is 0.000000292. The maximum Gasteiger partial charge on any atom is 0.0793 e. The third-order valence-corrected chi connectivity index (χ3v) is 7.76. The predicted octanol–water partition coefficient (Wildman–Crippen LogP) is 8.26. The van der Waals surface area contributed by atoms with Gasteiger partial charge in [-0.25, -0.2) is 4.84 Å². The Morgan fingerprint density at radius 3 is 1.90 bits per heavy atom. The van der Waals surface area contributed by atoms with Gasteiger partial charge in [0.2, 0.25) is 0 Å². The van der Waals surface area contributed by atoms with Crippen LogP contribution < -0.4 is 4.84 Å². The van der Waals surface area contributed by atoms with E-state index in [1.54, 1.807) is 0 Å². The topological polar surface area (TPSA) is 32.3 Å². The van der Waals surface area contributed by atoms with Gasteiger partial charge in [0.05, 0.1) is 6.10 Å². The smallest absolute Gasteiger partial charge is 0.0793 e. The van der Waals surface area contributed by atoms with Gasteiger partial charge in [-0.2, -0.15) is 13.5 Å². The van der Waals surface area contributed by atoms with Crippen molar-refractivity contribution in [2.75, 3.05) is 0 Å². The highest BCUT2D eigenvalue weighted by atomic mass is 79.9. The molecular weight excluding hydrogens is 558 g/mol. The average molecular weight is 594 g/mol. The average Bonchev–Trinajstić information content (AvgIpc) is 2.74. The van der Waals surface area contributed by atoms with Crippen LogP contribution in [-0.4, -0.2) is 5.11 Å². The molecule has 2 aliphatic rings. The number of rotatable bonds is 3. The molecule has 0 amide bonds. The Morgan fingerprint density at radius 2 is 1.39 bits per heavy atom. The summed E-state index contributed by atoms with van der Waals surface area (Å²) in [5.41, 5.74) is 7.93. The van der Waals surface area contributed by atoms with Crippen LogP contribution in [0, 0.1) is 0 Å². The van der Waals surface area contributed by atoms with E-state index in [4.69, 9.17) is 11.8 Å². The first kappa shape index (κ1) is 29.0.